The molecule has 15 heavy (non-hydrogen) atoms. The Morgan fingerprint density at radius 3 is 2.67 bits per heavy atom. The molecule has 0 saturated carbocycles. The summed E-state index contributed by atoms with van der Waals surface area (Å²) in [5.41, 5.74) is 1.70. The van der Waals surface area contributed by atoms with Crippen LogP contribution in [0.3, 0.4) is 0 Å². The van der Waals surface area contributed by atoms with Crippen LogP contribution in [0.25, 0.3) is 0 Å². The van der Waals surface area contributed by atoms with Gasteiger partial charge in [-0.05, 0) is 25.6 Å². The molecule has 0 aromatic carbocycles. The number of aromatic amines is 1. The van der Waals surface area contributed by atoms with Crippen molar-refractivity contribution in [3.63, 3.8) is 0 Å². The number of nitrogens with zero attached hydrogens (tertiary/aromatic N) is 4. The Balaban J connectivity index is 2.33. The molecule has 0 aliphatic carbocycles. The zero-order chi connectivity index (χ0) is 10.8. The zero-order valence-electron chi connectivity index (χ0n) is 8.15. The molecule has 0 radical (unpaired) electrons. The van der Waals surface area contributed by atoms with E-state index in [-0.39, 0.29) is 0 Å². The van der Waals surface area contributed by atoms with Gasteiger partial charge in [0.25, 0.3) is 0 Å². The van der Waals surface area contributed by atoms with E-state index in [4.69, 9.17) is 11.6 Å². The van der Waals surface area contributed by atoms with Crippen LogP contribution < -0.4 is 0 Å². The second-order valence-corrected chi connectivity index (χ2v) is 4.22. The normalized spacial score (nSPS) is 10.6. The average molecular weight is 242 g/mol. The van der Waals surface area contributed by atoms with Gasteiger partial charge in [-0.1, -0.05) is 11.6 Å². The van der Waals surface area contributed by atoms with Crippen LogP contribution in [0.2, 0.25) is 5.15 Å². The summed E-state index contributed by atoms with van der Waals surface area (Å²) in [5.74, 6) is 0. The number of aromatic nitrogens is 5. The fourth-order valence-corrected chi connectivity index (χ4v) is 1.93. The molecule has 0 atom stereocenters. The van der Waals surface area contributed by atoms with Crippen molar-refractivity contribution >= 4 is 23.4 Å². The summed E-state index contributed by atoms with van der Waals surface area (Å²) in [6.07, 6.45) is 1.44. The molecule has 7 heteroatoms. The van der Waals surface area contributed by atoms with Crippen LogP contribution in [-0.4, -0.2) is 25.1 Å². The van der Waals surface area contributed by atoms with Crippen LogP contribution in [0.15, 0.2) is 16.5 Å². The van der Waals surface area contributed by atoms with E-state index < -0.39 is 0 Å². The Kier molecular flexibility index (Phi) is 2.88. The molecule has 2 heterocycles. The lowest BCUT2D eigenvalue weighted by Gasteiger charge is -2.03. The molecular formula is C8H8ClN5S. The minimum absolute atomic E-state index is 0.388. The Labute approximate surface area is 95.7 Å². The Hall–Kier alpha value is -1.14. The van der Waals surface area contributed by atoms with Crippen molar-refractivity contribution in [1.29, 1.82) is 0 Å². The molecule has 0 aliphatic heterocycles. The van der Waals surface area contributed by atoms with Crippen molar-refractivity contribution < 1.29 is 0 Å². The number of aryl methyl sites for hydroxylation is 2. The molecule has 0 aliphatic rings. The predicted molar refractivity (Wildman–Crippen MR) is 57.0 cm³/mol. The fourth-order valence-electron chi connectivity index (χ4n) is 0.955. The molecule has 0 saturated heterocycles. The minimum Gasteiger partial charge on any atom is -0.254 e. The van der Waals surface area contributed by atoms with Crippen molar-refractivity contribution in [1.82, 2.24) is 25.1 Å². The lowest BCUT2D eigenvalue weighted by molar-refractivity contribution is 0.936. The number of halogens is 1. The summed E-state index contributed by atoms with van der Waals surface area (Å²) in [6, 6.07) is 0. The topological polar surface area (TPSA) is 67.3 Å². The van der Waals surface area contributed by atoms with Gasteiger partial charge >= 0.3 is 0 Å². The minimum atomic E-state index is 0.388. The van der Waals surface area contributed by atoms with Gasteiger partial charge < -0.3 is 0 Å². The van der Waals surface area contributed by atoms with Gasteiger partial charge in [-0.2, -0.15) is 5.10 Å². The summed E-state index contributed by atoms with van der Waals surface area (Å²) in [7, 11) is 0. The van der Waals surface area contributed by atoms with Gasteiger partial charge in [0.05, 0.1) is 11.4 Å². The van der Waals surface area contributed by atoms with Gasteiger partial charge in [0.15, 0.2) is 10.3 Å². The van der Waals surface area contributed by atoms with Gasteiger partial charge in [-0.25, -0.2) is 15.0 Å². The van der Waals surface area contributed by atoms with Crippen LogP contribution in [0.1, 0.15) is 11.4 Å². The zero-order valence-corrected chi connectivity index (χ0v) is 9.72. The lowest BCUT2D eigenvalue weighted by Crippen LogP contribution is -1.95. The second-order valence-electron chi connectivity index (χ2n) is 2.88. The van der Waals surface area contributed by atoms with E-state index in [1.165, 1.54) is 18.1 Å². The molecule has 78 valence electrons. The fraction of sp³-hybridized carbons (Fsp3) is 0.250. The molecular weight excluding hydrogens is 234 g/mol. The first-order chi connectivity index (χ1) is 7.16. The van der Waals surface area contributed by atoms with Crippen molar-refractivity contribution in [2.24, 2.45) is 0 Å². The molecule has 2 aromatic rings. The van der Waals surface area contributed by atoms with Crippen LogP contribution in [0.5, 0.6) is 0 Å². The quantitative estimate of drug-likeness (QED) is 0.871. The van der Waals surface area contributed by atoms with E-state index in [2.05, 4.69) is 25.1 Å². The first kappa shape index (κ1) is 10.4. The van der Waals surface area contributed by atoms with Gasteiger partial charge in [-0.3, -0.25) is 5.10 Å². The van der Waals surface area contributed by atoms with E-state index in [9.17, 15) is 0 Å². The van der Waals surface area contributed by atoms with E-state index in [1.54, 1.807) is 0 Å². The number of hydrogen-bond acceptors (Lipinski definition) is 5. The lowest BCUT2D eigenvalue weighted by atomic mass is 10.4. The highest BCUT2D eigenvalue weighted by molar-refractivity contribution is 7.99. The number of hydrogen-bond donors (Lipinski definition) is 1. The molecule has 0 unspecified atom stereocenters. The van der Waals surface area contributed by atoms with Crippen molar-refractivity contribution in [2.45, 2.75) is 24.0 Å². The largest absolute Gasteiger partial charge is 0.254 e. The van der Waals surface area contributed by atoms with Gasteiger partial charge in [0.1, 0.15) is 11.4 Å². The molecule has 5 nitrogen and oxygen atoms in total. The Morgan fingerprint density at radius 2 is 2.00 bits per heavy atom. The molecule has 1 N–H and O–H groups in total. The van der Waals surface area contributed by atoms with E-state index in [0.29, 0.717) is 15.3 Å². The maximum Gasteiger partial charge on any atom is 0.189 e. The van der Waals surface area contributed by atoms with Crippen LogP contribution in [0, 0.1) is 13.8 Å². The van der Waals surface area contributed by atoms with Crippen LogP contribution >= 0.6 is 23.4 Å². The third-order valence-electron chi connectivity index (χ3n) is 1.82. The van der Waals surface area contributed by atoms with Gasteiger partial charge in [-0.15, -0.1) is 0 Å². The van der Waals surface area contributed by atoms with Gasteiger partial charge in [0, 0.05) is 0 Å². The SMILES string of the molecule is Cc1nc(Cl)c(Sc2ncn[nH]2)nc1C. The molecule has 2 rings (SSSR count). The average Bonchev–Trinajstić information content (AvgIpc) is 2.67. The van der Waals surface area contributed by atoms with Crippen molar-refractivity contribution in [3.05, 3.63) is 22.9 Å². The van der Waals surface area contributed by atoms with Crippen molar-refractivity contribution in [3.8, 4) is 0 Å². The highest BCUT2D eigenvalue weighted by Gasteiger charge is 2.10. The van der Waals surface area contributed by atoms with Crippen molar-refractivity contribution in [2.75, 3.05) is 0 Å². The maximum atomic E-state index is 5.96. The molecule has 0 spiro atoms. The van der Waals surface area contributed by atoms with Crippen LogP contribution in [0.4, 0.5) is 0 Å². The van der Waals surface area contributed by atoms with Gasteiger partial charge in [0.2, 0.25) is 0 Å². The summed E-state index contributed by atoms with van der Waals surface area (Å²) in [5, 5.41) is 8.13. The Morgan fingerprint density at radius 1 is 1.27 bits per heavy atom. The highest BCUT2D eigenvalue weighted by atomic mass is 35.5. The first-order valence-electron chi connectivity index (χ1n) is 4.21. The summed E-state index contributed by atoms with van der Waals surface area (Å²) < 4.78 is 0. The van der Waals surface area contributed by atoms with E-state index in [0.717, 1.165) is 11.4 Å². The number of nitrogens with one attached hydrogen (secondary N) is 1. The smallest absolute Gasteiger partial charge is 0.189 e. The highest BCUT2D eigenvalue weighted by Crippen LogP contribution is 2.28. The third kappa shape index (κ3) is 2.27. The summed E-state index contributed by atoms with van der Waals surface area (Å²) in [4.78, 5) is 12.5. The molecule has 0 bridgehead atoms. The monoisotopic (exact) mass is 241 g/mol. The predicted octanol–water partition coefficient (Wildman–Crippen LogP) is 2.02. The second kappa shape index (κ2) is 4.16. The van der Waals surface area contributed by atoms with E-state index >= 15 is 0 Å². The number of H-pyrrole nitrogens is 1. The van der Waals surface area contributed by atoms with Crippen LogP contribution in [-0.2, 0) is 0 Å². The number of rotatable bonds is 2. The Bertz CT molecular complexity index is 470. The molecule has 0 amide bonds. The molecule has 2 aromatic heterocycles. The standard InChI is InChI=1S/C8H8ClN5S/c1-4-5(2)13-7(6(9)12-4)15-8-10-3-11-14-8/h3H,1-2H3,(H,10,11,14). The first-order valence-corrected chi connectivity index (χ1v) is 5.40. The summed E-state index contributed by atoms with van der Waals surface area (Å²) in [6.45, 7) is 3.76. The maximum absolute atomic E-state index is 5.96. The third-order valence-corrected chi connectivity index (χ3v) is 3.07. The summed E-state index contributed by atoms with van der Waals surface area (Å²) >= 11 is 7.27. The molecule has 0 fully saturated rings. The van der Waals surface area contributed by atoms with E-state index in [1.807, 2.05) is 13.8 Å².